The second kappa shape index (κ2) is 12.6. The Morgan fingerprint density at radius 3 is 2.18 bits per heavy atom. The molecule has 1 N–H and O–H groups in total. The molecule has 0 saturated heterocycles. The number of likely N-dealkylation sites (N-methyl/N-ethyl adjacent to an activating group) is 1. The largest absolute Gasteiger partial charge is 0.495 e. The van der Waals surface area contributed by atoms with Crippen LogP contribution in [-0.2, 0) is 26.2 Å². The van der Waals surface area contributed by atoms with Crippen LogP contribution in [0.5, 0.6) is 5.75 Å². The van der Waals surface area contributed by atoms with Gasteiger partial charge in [0.25, 0.3) is 10.0 Å². The van der Waals surface area contributed by atoms with Crippen molar-refractivity contribution in [3.8, 4) is 5.75 Å². The van der Waals surface area contributed by atoms with Crippen LogP contribution in [0.4, 0.5) is 5.69 Å². The summed E-state index contributed by atoms with van der Waals surface area (Å²) < 4.78 is 34.5. The molecule has 9 heteroatoms. The number of benzene rings is 3. The smallest absolute Gasteiger partial charge is 0.264 e. The average molecular weight is 538 g/mol. The average Bonchev–Trinajstić information content (AvgIpc) is 2.90. The summed E-state index contributed by atoms with van der Waals surface area (Å²) >= 11 is 0. The van der Waals surface area contributed by atoms with Crippen LogP contribution >= 0.6 is 0 Å². The lowest BCUT2D eigenvalue weighted by Crippen LogP contribution is -2.51. The SMILES string of the molecule is CCNC(=O)C(C)N(Cc1ccccc1)C(=O)CN(c1cc(C)ccc1OC)S(=O)(=O)c1ccc(C)cc1. The van der Waals surface area contributed by atoms with Crippen molar-refractivity contribution < 1.29 is 22.7 Å². The zero-order chi connectivity index (χ0) is 27.9. The Bertz CT molecular complexity index is 1360. The molecule has 1 atom stereocenters. The third-order valence-corrected chi connectivity index (χ3v) is 7.98. The second-order valence-electron chi connectivity index (χ2n) is 9.08. The lowest BCUT2D eigenvalue weighted by atomic mass is 10.1. The minimum Gasteiger partial charge on any atom is -0.495 e. The Kier molecular flexibility index (Phi) is 9.52. The van der Waals surface area contributed by atoms with Gasteiger partial charge in [0.05, 0.1) is 17.7 Å². The normalized spacial score (nSPS) is 11.9. The van der Waals surface area contributed by atoms with E-state index in [9.17, 15) is 18.0 Å². The molecular weight excluding hydrogens is 502 g/mol. The zero-order valence-electron chi connectivity index (χ0n) is 22.5. The van der Waals surface area contributed by atoms with Crippen molar-refractivity contribution in [3.63, 3.8) is 0 Å². The number of anilines is 1. The van der Waals surface area contributed by atoms with Gasteiger partial charge in [-0.15, -0.1) is 0 Å². The number of nitrogens with zero attached hydrogens (tertiary/aromatic N) is 2. The molecule has 0 aliphatic heterocycles. The molecule has 8 nitrogen and oxygen atoms in total. The standard InChI is InChI=1S/C29H35N3O5S/c1-6-30-29(34)23(4)31(19-24-10-8-7-9-11-24)28(33)20-32(26-18-22(3)14-17-27(26)37-5)38(35,36)25-15-12-21(2)13-16-25/h7-18,23H,6,19-20H2,1-5H3,(H,30,34). The van der Waals surface area contributed by atoms with Gasteiger partial charge in [0.2, 0.25) is 11.8 Å². The maximum Gasteiger partial charge on any atom is 0.264 e. The molecule has 0 aromatic heterocycles. The van der Waals surface area contributed by atoms with E-state index < -0.39 is 28.5 Å². The Morgan fingerprint density at radius 1 is 0.947 bits per heavy atom. The van der Waals surface area contributed by atoms with Crippen molar-refractivity contribution in [2.24, 2.45) is 0 Å². The van der Waals surface area contributed by atoms with Crippen LogP contribution in [0, 0.1) is 13.8 Å². The number of carbonyl (C=O) groups is 2. The number of aryl methyl sites for hydroxylation is 2. The number of carbonyl (C=O) groups excluding carboxylic acids is 2. The highest BCUT2D eigenvalue weighted by Crippen LogP contribution is 2.33. The number of nitrogens with one attached hydrogen (secondary N) is 1. The fourth-order valence-electron chi connectivity index (χ4n) is 4.03. The summed E-state index contributed by atoms with van der Waals surface area (Å²) in [7, 11) is -2.72. The highest BCUT2D eigenvalue weighted by molar-refractivity contribution is 7.92. The van der Waals surface area contributed by atoms with Crippen LogP contribution in [0.15, 0.2) is 77.7 Å². The van der Waals surface area contributed by atoms with Gasteiger partial charge >= 0.3 is 0 Å². The fourth-order valence-corrected chi connectivity index (χ4v) is 5.45. The van der Waals surface area contributed by atoms with Crippen LogP contribution in [0.1, 0.15) is 30.5 Å². The third kappa shape index (κ3) is 6.72. The molecule has 0 aliphatic rings. The van der Waals surface area contributed by atoms with Gasteiger partial charge in [-0.25, -0.2) is 8.42 Å². The number of methoxy groups -OCH3 is 1. The summed E-state index contributed by atoms with van der Waals surface area (Å²) in [6, 6.07) is 20.0. The van der Waals surface area contributed by atoms with E-state index in [1.807, 2.05) is 44.2 Å². The summed E-state index contributed by atoms with van der Waals surface area (Å²) in [5.74, 6) is -0.532. The van der Waals surface area contributed by atoms with Gasteiger partial charge in [0.1, 0.15) is 18.3 Å². The number of hydrogen-bond donors (Lipinski definition) is 1. The van der Waals surface area contributed by atoms with Gasteiger partial charge in [-0.3, -0.25) is 13.9 Å². The summed E-state index contributed by atoms with van der Waals surface area (Å²) in [6.45, 7) is 7.16. The minimum atomic E-state index is -4.17. The molecule has 2 amide bonds. The zero-order valence-corrected chi connectivity index (χ0v) is 23.3. The lowest BCUT2D eigenvalue weighted by Gasteiger charge is -2.32. The van der Waals surface area contributed by atoms with Gasteiger partial charge in [0, 0.05) is 13.1 Å². The number of rotatable bonds is 11. The van der Waals surface area contributed by atoms with Gasteiger partial charge in [-0.1, -0.05) is 54.1 Å². The summed E-state index contributed by atoms with van der Waals surface area (Å²) in [5, 5.41) is 2.75. The van der Waals surface area contributed by atoms with Crippen LogP contribution in [0.2, 0.25) is 0 Å². The molecule has 0 saturated carbocycles. The van der Waals surface area contributed by atoms with Crippen LogP contribution in [0.3, 0.4) is 0 Å². The highest BCUT2D eigenvalue weighted by atomic mass is 32.2. The minimum absolute atomic E-state index is 0.0471. The monoisotopic (exact) mass is 537 g/mol. The van der Waals surface area contributed by atoms with Gasteiger partial charge < -0.3 is 15.0 Å². The Morgan fingerprint density at radius 2 is 1.58 bits per heavy atom. The molecule has 202 valence electrons. The Hall–Kier alpha value is -3.85. The van der Waals surface area contributed by atoms with E-state index >= 15 is 0 Å². The van der Waals surface area contributed by atoms with Crippen molar-refractivity contribution in [3.05, 3.63) is 89.5 Å². The van der Waals surface area contributed by atoms with Gasteiger partial charge in [0.15, 0.2) is 0 Å². The maximum absolute atomic E-state index is 14.0. The first kappa shape index (κ1) is 28.7. The molecule has 0 radical (unpaired) electrons. The van der Waals surface area contributed by atoms with Crippen molar-refractivity contribution in [2.45, 2.75) is 45.2 Å². The number of hydrogen-bond acceptors (Lipinski definition) is 5. The van der Waals surface area contributed by atoms with E-state index in [1.165, 1.54) is 24.1 Å². The molecule has 38 heavy (non-hydrogen) atoms. The Balaban J connectivity index is 2.09. The van der Waals surface area contributed by atoms with E-state index in [0.717, 1.165) is 21.0 Å². The van der Waals surface area contributed by atoms with Crippen molar-refractivity contribution >= 4 is 27.5 Å². The molecule has 0 fully saturated rings. The number of ether oxygens (including phenoxy) is 1. The summed E-state index contributed by atoms with van der Waals surface area (Å²) in [6.07, 6.45) is 0. The highest BCUT2D eigenvalue weighted by Gasteiger charge is 2.33. The van der Waals surface area contributed by atoms with Crippen LogP contribution in [0.25, 0.3) is 0 Å². The first-order valence-electron chi connectivity index (χ1n) is 12.4. The molecule has 3 aromatic rings. The molecule has 3 rings (SSSR count). The maximum atomic E-state index is 14.0. The number of sulfonamides is 1. The predicted octanol–water partition coefficient (Wildman–Crippen LogP) is 4.06. The lowest BCUT2D eigenvalue weighted by molar-refractivity contribution is -0.139. The molecule has 0 aliphatic carbocycles. The molecule has 0 heterocycles. The number of amides is 2. The van der Waals surface area contributed by atoms with Gasteiger partial charge in [-0.05, 0) is 63.1 Å². The summed E-state index contributed by atoms with van der Waals surface area (Å²) in [5.41, 5.74) is 2.77. The molecule has 1 unspecified atom stereocenters. The van der Waals surface area contributed by atoms with E-state index in [2.05, 4.69) is 5.32 Å². The molecule has 0 spiro atoms. The predicted molar refractivity (Wildman–Crippen MR) is 149 cm³/mol. The fraction of sp³-hybridized carbons (Fsp3) is 0.310. The van der Waals surface area contributed by atoms with Crippen molar-refractivity contribution in [1.82, 2.24) is 10.2 Å². The van der Waals surface area contributed by atoms with E-state index in [-0.39, 0.29) is 23.0 Å². The van der Waals surface area contributed by atoms with Crippen LogP contribution < -0.4 is 14.4 Å². The first-order chi connectivity index (χ1) is 18.1. The third-order valence-electron chi connectivity index (χ3n) is 6.20. The van der Waals surface area contributed by atoms with E-state index in [1.54, 1.807) is 44.2 Å². The molecule has 0 bridgehead atoms. The second-order valence-corrected chi connectivity index (χ2v) is 10.9. The quantitative estimate of drug-likeness (QED) is 0.398. The van der Waals surface area contributed by atoms with Crippen molar-refractivity contribution in [2.75, 3.05) is 24.5 Å². The topological polar surface area (TPSA) is 96.0 Å². The molecular formula is C29H35N3O5S. The van der Waals surface area contributed by atoms with Gasteiger partial charge in [-0.2, -0.15) is 0 Å². The van der Waals surface area contributed by atoms with Crippen molar-refractivity contribution in [1.29, 1.82) is 0 Å². The van der Waals surface area contributed by atoms with E-state index in [0.29, 0.717) is 12.3 Å². The Labute approximate surface area is 225 Å². The van der Waals surface area contributed by atoms with E-state index in [4.69, 9.17) is 4.74 Å². The first-order valence-corrected chi connectivity index (χ1v) is 13.9. The van der Waals surface area contributed by atoms with Crippen LogP contribution in [-0.4, -0.2) is 51.4 Å². The molecule has 3 aromatic carbocycles. The summed E-state index contributed by atoms with van der Waals surface area (Å²) in [4.78, 5) is 28.1.